The van der Waals surface area contributed by atoms with Crippen LogP contribution in [0, 0.1) is 0 Å². The van der Waals surface area contributed by atoms with Gasteiger partial charge in [-0.15, -0.1) is 0 Å². The van der Waals surface area contributed by atoms with Crippen molar-refractivity contribution in [3.05, 3.63) is 58.5 Å². The molecule has 116 valence electrons. The first-order chi connectivity index (χ1) is 10.7. The Morgan fingerprint density at radius 3 is 2.73 bits per heavy atom. The number of carbonyl (C=O) groups excluding carboxylic acids is 1. The summed E-state index contributed by atoms with van der Waals surface area (Å²) in [4.78, 5) is 14.1. The zero-order valence-corrected chi connectivity index (χ0v) is 12.6. The van der Waals surface area contributed by atoms with Gasteiger partial charge in [-0.1, -0.05) is 23.7 Å². The molecule has 0 aliphatic carbocycles. The van der Waals surface area contributed by atoms with Crippen molar-refractivity contribution in [1.29, 1.82) is 0 Å². The molecule has 1 aromatic heterocycles. The quantitative estimate of drug-likeness (QED) is 0.944. The molecular formula is C16H16ClNO4. The van der Waals surface area contributed by atoms with Crippen LogP contribution in [0.3, 0.4) is 0 Å². The largest absolute Gasteiger partial charge is 0.453 e. The highest BCUT2D eigenvalue weighted by Crippen LogP contribution is 2.25. The number of ether oxygens (including phenoxy) is 1. The molecule has 3 rings (SSSR count). The molecule has 1 aromatic carbocycles. The highest BCUT2D eigenvalue weighted by molar-refractivity contribution is 6.30. The average molecular weight is 322 g/mol. The molecule has 1 atom stereocenters. The number of benzene rings is 1. The summed E-state index contributed by atoms with van der Waals surface area (Å²) >= 11 is 5.89. The Balaban J connectivity index is 1.72. The van der Waals surface area contributed by atoms with E-state index in [1.165, 1.54) is 0 Å². The lowest BCUT2D eigenvalue weighted by Crippen LogP contribution is -2.42. The van der Waals surface area contributed by atoms with Crippen LogP contribution in [0.1, 0.15) is 28.0 Å². The van der Waals surface area contributed by atoms with Gasteiger partial charge in [-0.05, 0) is 29.8 Å². The molecule has 1 fully saturated rings. The van der Waals surface area contributed by atoms with Crippen LogP contribution >= 0.6 is 11.6 Å². The summed E-state index contributed by atoms with van der Waals surface area (Å²) in [6.45, 7) is 1.21. The second kappa shape index (κ2) is 6.52. The van der Waals surface area contributed by atoms with Crippen molar-refractivity contribution in [2.45, 2.75) is 12.7 Å². The van der Waals surface area contributed by atoms with Gasteiger partial charge < -0.3 is 19.2 Å². The zero-order valence-electron chi connectivity index (χ0n) is 11.9. The van der Waals surface area contributed by atoms with E-state index in [1.54, 1.807) is 29.2 Å². The maximum absolute atomic E-state index is 12.4. The molecular weight excluding hydrogens is 306 g/mol. The highest BCUT2D eigenvalue weighted by Gasteiger charge is 2.27. The molecule has 2 heterocycles. The first kappa shape index (κ1) is 15.1. The maximum Gasteiger partial charge on any atom is 0.289 e. The molecule has 0 bridgehead atoms. The van der Waals surface area contributed by atoms with Gasteiger partial charge >= 0.3 is 0 Å². The van der Waals surface area contributed by atoms with Crippen LogP contribution in [0.5, 0.6) is 0 Å². The number of carbonyl (C=O) groups is 1. The first-order valence-electron chi connectivity index (χ1n) is 7.03. The second-order valence-corrected chi connectivity index (χ2v) is 5.52. The predicted molar refractivity (Wildman–Crippen MR) is 80.7 cm³/mol. The molecule has 0 saturated carbocycles. The van der Waals surface area contributed by atoms with Crippen LogP contribution in [0.2, 0.25) is 5.02 Å². The topological polar surface area (TPSA) is 62.9 Å². The van der Waals surface area contributed by atoms with Gasteiger partial charge in [0.2, 0.25) is 0 Å². The number of nitrogens with zero attached hydrogens (tertiary/aromatic N) is 1. The van der Waals surface area contributed by atoms with E-state index in [9.17, 15) is 4.79 Å². The summed E-state index contributed by atoms with van der Waals surface area (Å²) in [5, 5.41) is 9.67. The van der Waals surface area contributed by atoms with E-state index in [0.717, 1.165) is 5.56 Å². The van der Waals surface area contributed by atoms with E-state index >= 15 is 0 Å². The Labute approximate surface area is 133 Å². The molecule has 0 radical (unpaired) electrons. The number of rotatable bonds is 3. The normalized spacial score (nSPS) is 18.5. The minimum Gasteiger partial charge on any atom is -0.453 e. The summed E-state index contributed by atoms with van der Waals surface area (Å²) in [5.41, 5.74) is 0.984. The lowest BCUT2D eigenvalue weighted by atomic mass is 10.1. The van der Waals surface area contributed by atoms with E-state index in [4.69, 9.17) is 25.9 Å². The fraction of sp³-hybridized carbons (Fsp3) is 0.312. The van der Waals surface area contributed by atoms with Crippen LogP contribution in [-0.4, -0.2) is 35.6 Å². The van der Waals surface area contributed by atoms with Crippen LogP contribution in [0.15, 0.2) is 40.8 Å². The van der Waals surface area contributed by atoms with E-state index in [2.05, 4.69) is 0 Å². The summed E-state index contributed by atoms with van der Waals surface area (Å²) in [7, 11) is 0. The van der Waals surface area contributed by atoms with Crippen molar-refractivity contribution in [2.75, 3.05) is 19.7 Å². The van der Waals surface area contributed by atoms with Gasteiger partial charge in [0.25, 0.3) is 5.91 Å². The third-order valence-corrected chi connectivity index (χ3v) is 3.88. The van der Waals surface area contributed by atoms with Gasteiger partial charge in [-0.25, -0.2) is 0 Å². The Morgan fingerprint density at radius 2 is 2.05 bits per heavy atom. The fourth-order valence-electron chi connectivity index (χ4n) is 2.45. The first-order valence-corrected chi connectivity index (χ1v) is 7.41. The van der Waals surface area contributed by atoms with Gasteiger partial charge in [-0.2, -0.15) is 0 Å². The van der Waals surface area contributed by atoms with Gasteiger partial charge in [0.15, 0.2) is 5.76 Å². The van der Waals surface area contributed by atoms with Crippen LogP contribution in [-0.2, 0) is 11.3 Å². The standard InChI is InChI=1S/C16H16ClNO4/c17-12-3-1-11(2-4-12)15-9-18(7-8-21-15)16(20)14-6-5-13(10-19)22-14/h1-6,15,19H,7-10H2/t15-/m1/s1. The van der Waals surface area contributed by atoms with Crippen molar-refractivity contribution < 1.29 is 19.1 Å². The predicted octanol–water partition coefficient (Wildman–Crippen LogP) is 2.64. The minimum atomic E-state index is -0.218. The minimum absolute atomic E-state index is 0.178. The third kappa shape index (κ3) is 3.16. The average Bonchev–Trinajstić information content (AvgIpc) is 3.04. The second-order valence-electron chi connectivity index (χ2n) is 5.09. The van der Waals surface area contributed by atoms with Gasteiger partial charge in [0.1, 0.15) is 18.5 Å². The maximum atomic E-state index is 12.4. The van der Waals surface area contributed by atoms with Crippen LogP contribution < -0.4 is 0 Å². The molecule has 1 amide bonds. The smallest absolute Gasteiger partial charge is 0.289 e. The Kier molecular flexibility index (Phi) is 4.47. The molecule has 2 aromatic rings. The molecule has 1 aliphatic rings. The fourth-order valence-corrected chi connectivity index (χ4v) is 2.57. The number of halogens is 1. The lowest BCUT2D eigenvalue weighted by Gasteiger charge is -2.32. The number of hydrogen-bond acceptors (Lipinski definition) is 4. The molecule has 5 nitrogen and oxygen atoms in total. The lowest BCUT2D eigenvalue weighted by molar-refractivity contribution is -0.0238. The Bertz CT molecular complexity index is 652. The van der Waals surface area contributed by atoms with Gasteiger partial charge in [-0.3, -0.25) is 4.79 Å². The van der Waals surface area contributed by atoms with E-state index in [1.807, 2.05) is 12.1 Å². The van der Waals surface area contributed by atoms with E-state index in [-0.39, 0.29) is 24.4 Å². The van der Waals surface area contributed by atoms with Crippen LogP contribution in [0.25, 0.3) is 0 Å². The van der Waals surface area contributed by atoms with Gasteiger partial charge in [0.05, 0.1) is 13.2 Å². The van der Waals surface area contributed by atoms with Crippen molar-refractivity contribution in [2.24, 2.45) is 0 Å². The molecule has 22 heavy (non-hydrogen) atoms. The number of amides is 1. The van der Waals surface area contributed by atoms with Crippen LogP contribution in [0.4, 0.5) is 0 Å². The number of furan rings is 1. The zero-order chi connectivity index (χ0) is 15.5. The Hall–Kier alpha value is -1.82. The molecule has 0 unspecified atom stereocenters. The van der Waals surface area contributed by atoms with E-state index in [0.29, 0.717) is 30.5 Å². The molecule has 6 heteroatoms. The number of hydrogen-bond donors (Lipinski definition) is 1. The SMILES string of the molecule is O=C(c1ccc(CO)o1)N1CCO[C@@H](c2ccc(Cl)cc2)C1. The van der Waals surface area contributed by atoms with Crippen molar-refractivity contribution >= 4 is 17.5 Å². The summed E-state index contributed by atoms with van der Waals surface area (Å²) in [6, 6.07) is 10.6. The van der Waals surface area contributed by atoms with Crippen molar-refractivity contribution in [3.63, 3.8) is 0 Å². The van der Waals surface area contributed by atoms with Crippen molar-refractivity contribution in [1.82, 2.24) is 4.90 Å². The Morgan fingerprint density at radius 1 is 1.27 bits per heavy atom. The summed E-state index contributed by atoms with van der Waals surface area (Å²) in [6.07, 6.45) is -0.178. The number of aliphatic hydroxyl groups is 1. The number of morpholine rings is 1. The molecule has 1 aliphatic heterocycles. The number of aliphatic hydroxyl groups excluding tert-OH is 1. The summed E-state index contributed by atoms with van der Waals surface area (Å²) in [5.74, 6) is 0.425. The molecule has 1 N–H and O–H groups in total. The molecule has 1 saturated heterocycles. The molecule has 0 spiro atoms. The summed E-state index contributed by atoms with van der Waals surface area (Å²) < 4.78 is 11.0. The highest BCUT2D eigenvalue weighted by atomic mass is 35.5. The van der Waals surface area contributed by atoms with Crippen molar-refractivity contribution in [3.8, 4) is 0 Å². The monoisotopic (exact) mass is 321 g/mol. The third-order valence-electron chi connectivity index (χ3n) is 3.62. The van der Waals surface area contributed by atoms with E-state index < -0.39 is 0 Å². The van der Waals surface area contributed by atoms with Gasteiger partial charge in [0, 0.05) is 11.6 Å².